The quantitative estimate of drug-likeness (QED) is 0.564. The second kappa shape index (κ2) is 10.5. The van der Waals surface area contributed by atoms with Gasteiger partial charge in [-0.3, -0.25) is 0 Å². The maximum atomic E-state index is 10.4. The van der Waals surface area contributed by atoms with Crippen molar-refractivity contribution in [2.75, 3.05) is 19.7 Å². The third-order valence-electron chi connectivity index (χ3n) is 5.44. The van der Waals surface area contributed by atoms with Crippen molar-refractivity contribution in [2.24, 2.45) is 0 Å². The monoisotopic (exact) mass is 386 g/mol. The maximum Gasteiger partial charge on any atom is 0.184 e. The Hall–Kier alpha value is -2.08. The molecule has 0 radical (unpaired) electrons. The smallest absolute Gasteiger partial charge is 0.184 e. The molecule has 3 rings (SSSR count). The molecule has 0 saturated heterocycles. The summed E-state index contributed by atoms with van der Waals surface area (Å²) in [6.07, 6.45) is 1.86. The summed E-state index contributed by atoms with van der Waals surface area (Å²) in [6, 6.07) is 19.1. The molecule has 4 unspecified atom stereocenters. The van der Waals surface area contributed by atoms with Crippen LogP contribution in [0.2, 0.25) is 0 Å². The Kier molecular flexibility index (Phi) is 7.71. The van der Waals surface area contributed by atoms with Gasteiger partial charge >= 0.3 is 0 Å². The molecule has 0 bridgehead atoms. The van der Waals surface area contributed by atoms with E-state index in [0.717, 1.165) is 30.9 Å². The molecule has 28 heavy (non-hydrogen) atoms. The number of aliphatic hydroxyl groups excluding tert-OH is 1. The predicted octanol–water partition coefficient (Wildman–Crippen LogP) is 0.724. The standard InChI is InChI=1S/C23H32N2O3/c1-17(12-13-19-8-4-3-5-9-19)24-14-20(26)15-25-18(2)23-16-27-21-10-6-7-11-22(21)28-23/h3-11,17-18,20,23-26H,12-16H2,1-2H3/p+2. The lowest BCUT2D eigenvalue weighted by molar-refractivity contribution is -0.722. The molecule has 1 aliphatic rings. The first kappa shape index (κ1) is 20.6. The molecule has 152 valence electrons. The summed E-state index contributed by atoms with van der Waals surface area (Å²) < 4.78 is 11.8. The zero-order valence-electron chi connectivity index (χ0n) is 17.0. The summed E-state index contributed by atoms with van der Waals surface area (Å²) in [7, 11) is 0. The highest BCUT2D eigenvalue weighted by molar-refractivity contribution is 5.40. The molecule has 4 atom stereocenters. The summed E-state index contributed by atoms with van der Waals surface area (Å²) in [5, 5.41) is 14.8. The maximum absolute atomic E-state index is 10.4. The van der Waals surface area contributed by atoms with Crippen LogP contribution in [0.25, 0.3) is 0 Å². The van der Waals surface area contributed by atoms with E-state index in [1.54, 1.807) is 0 Å². The van der Waals surface area contributed by atoms with E-state index in [1.165, 1.54) is 5.56 Å². The Morgan fingerprint density at radius 3 is 2.43 bits per heavy atom. The van der Waals surface area contributed by atoms with Gasteiger partial charge in [0, 0.05) is 6.42 Å². The fourth-order valence-electron chi connectivity index (χ4n) is 3.46. The van der Waals surface area contributed by atoms with Gasteiger partial charge in [-0.15, -0.1) is 0 Å². The number of aryl methyl sites for hydroxylation is 1. The summed E-state index contributed by atoms with van der Waals surface area (Å²) in [6.45, 7) is 6.30. The molecule has 2 aromatic carbocycles. The highest BCUT2D eigenvalue weighted by atomic mass is 16.6. The van der Waals surface area contributed by atoms with Crippen LogP contribution >= 0.6 is 0 Å². The second-order valence-corrected chi connectivity index (χ2v) is 7.87. The average Bonchev–Trinajstić information content (AvgIpc) is 2.75. The highest BCUT2D eigenvalue weighted by Gasteiger charge is 2.28. The minimum Gasteiger partial charge on any atom is -0.486 e. The van der Waals surface area contributed by atoms with E-state index >= 15 is 0 Å². The predicted molar refractivity (Wildman–Crippen MR) is 110 cm³/mol. The van der Waals surface area contributed by atoms with E-state index in [1.807, 2.05) is 24.3 Å². The van der Waals surface area contributed by atoms with Crippen LogP contribution in [0.15, 0.2) is 54.6 Å². The van der Waals surface area contributed by atoms with Crippen molar-refractivity contribution in [3.05, 3.63) is 60.2 Å². The Morgan fingerprint density at radius 1 is 0.964 bits per heavy atom. The first-order valence-corrected chi connectivity index (χ1v) is 10.4. The van der Waals surface area contributed by atoms with E-state index < -0.39 is 0 Å². The zero-order chi connectivity index (χ0) is 19.8. The Balaban J connectivity index is 1.32. The lowest BCUT2D eigenvalue weighted by atomic mass is 10.1. The minimum absolute atomic E-state index is 0.00382. The van der Waals surface area contributed by atoms with Crippen LogP contribution in [0.4, 0.5) is 0 Å². The topological polar surface area (TPSA) is 71.9 Å². The van der Waals surface area contributed by atoms with Crippen LogP contribution in [0.1, 0.15) is 25.8 Å². The molecule has 0 aromatic heterocycles. The summed E-state index contributed by atoms with van der Waals surface area (Å²) in [4.78, 5) is 0. The Bertz CT molecular complexity index is 710. The van der Waals surface area contributed by atoms with Crippen LogP contribution in [0.3, 0.4) is 0 Å². The summed E-state index contributed by atoms with van der Waals surface area (Å²) in [5.41, 5.74) is 1.38. The van der Waals surface area contributed by atoms with Crippen molar-refractivity contribution >= 4 is 0 Å². The van der Waals surface area contributed by atoms with Crippen molar-refractivity contribution in [3.8, 4) is 11.5 Å². The lowest BCUT2D eigenvalue weighted by Crippen LogP contribution is -2.97. The zero-order valence-corrected chi connectivity index (χ0v) is 17.0. The van der Waals surface area contributed by atoms with E-state index in [4.69, 9.17) is 9.47 Å². The van der Waals surface area contributed by atoms with Crippen LogP contribution in [-0.2, 0) is 6.42 Å². The largest absolute Gasteiger partial charge is 0.486 e. The van der Waals surface area contributed by atoms with E-state index in [0.29, 0.717) is 19.2 Å². The van der Waals surface area contributed by atoms with Gasteiger partial charge in [0.25, 0.3) is 0 Å². The number of benzene rings is 2. The molecule has 5 nitrogen and oxygen atoms in total. The van der Waals surface area contributed by atoms with Crippen LogP contribution in [0.5, 0.6) is 11.5 Å². The van der Waals surface area contributed by atoms with Gasteiger partial charge in [0.15, 0.2) is 23.7 Å². The SMILES string of the molecule is CC(CCc1ccccc1)[NH2+]CC(O)C[NH2+]C(C)C1COc2ccccc2O1. The van der Waals surface area contributed by atoms with Crippen LogP contribution < -0.4 is 20.1 Å². The molecule has 0 amide bonds. The number of ether oxygens (including phenoxy) is 2. The van der Waals surface area contributed by atoms with E-state index in [-0.39, 0.29) is 18.2 Å². The van der Waals surface area contributed by atoms with Crippen molar-refractivity contribution in [1.82, 2.24) is 0 Å². The number of para-hydroxylation sites is 2. The Morgan fingerprint density at radius 2 is 1.64 bits per heavy atom. The van der Waals surface area contributed by atoms with Gasteiger partial charge in [-0.1, -0.05) is 42.5 Å². The third-order valence-corrected chi connectivity index (χ3v) is 5.44. The van der Waals surface area contributed by atoms with E-state index in [9.17, 15) is 5.11 Å². The van der Waals surface area contributed by atoms with Crippen molar-refractivity contribution < 1.29 is 25.2 Å². The lowest BCUT2D eigenvalue weighted by Gasteiger charge is -2.29. The Labute approximate surface area is 168 Å². The molecule has 0 aliphatic carbocycles. The van der Waals surface area contributed by atoms with Crippen molar-refractivity contribution in [2.45, 2.75) is 51.0 Å². The highest BCUT2D eigenvalue weighted by Crippen LogP contribution is 2.31. The first-order chi connectivity index (χ1) is 13.6. The van der Waals surface area contributed by atoms with Gasteiger partial charge in [-0.05, 0) is 38.0 Å². The molecule has 2 aromatic rings. The normalized spacial score (nSPS) is 19.0. The number of hydrogen-bond donors (Lipinski definition) is 3. The van der Waals surface area contributed by atoms with Crippen molar-refractivity contribution in [1.29, 1.82) is 0 Å². The number of nitrogens with two attached hydrogens (primary N) is 2. The first-order valence-electron chi connectivity index (χ1n) is 10.4. The number of fused-ring (bicyclic) bond motifs is 1. The van der Waals surface area contributed by atoms with Gasteiger partial charge in [-0.25, -0.2) is 0 Å². The molecule has 5 N–H and O–H groups in total. The van der Waals surface area contributed by atoms with Gasteiger partial charge in [0.2, 0.25) is 0 Å². The van der Waals surface area contributed by atoms with Gasteiger partial charge in [0.1, 0.15) is 25.7 Å². The molecule has 0 spiro atoms. The van der Waals surface area contributed by atoms with Gasteiger partial charge in [-0.2, -0.15) is 0 Å². The molecule has 1 heterocycles. The van der Waals surface area contributed by atoms with Crippen LogP contribution in [-0.4, -0.2) is 49.1 Å². The minimum atomic E-state index is -0.335. The molecule has 1 aliphatic heterocycles. The molecular formula is C23H34N2O3+2. The average molecular weight is 387 g/mol. The number of quaternary nitrogens is 2. The molecule has 0 saturated carbocycles. The fourth-order valence-corrected chi connectivity index (χ4v) is 3.46. The van der Waals surface area contributed by atoms with E-state index in [2.05, 4.69) is 54.8 Å². The molecule has 5 heteroatoms. The molecular weight excluding hydrogens is 352 g/mol. The number of rotatable bonds is 10. The number of aliphatic hydroxyl groups is 1. The summed E-state index contributed by atoms with van der Waals surface area (Å²) in [5.74, 6) is 1.62. The van der Waals surface area contributed by atoms with Gasteiger partial charge < -0.3 is 25.2 Å². The number of hydrogen-bond acceptors (Lipinski definition) is 3. The third kappa shape index (κ3) is 6.23. The van der Waals surface area contributed by atoms with Crippen LogP contribution in [0, 0.1) is 0 Å². The van der Waals surface area contributed by atoms with Gasteiger partial charge in [0.05, 0.1) is 6.04 Å². The second-order valence-electron chi connectivity index (χ2n) is 7.87. The molecule has 0 fully saturated rings. The summed E-state index contributed by atoms with van der Waals surface area (Å²) >= 11 is 0. The fraction of sp³-hybridized carbons (Fsp3) is 0.478. The van der Waals surface area contributed by atoms with Crippen molar-refractivity contribution in [3.63, 3.8) is 0 Å².